The number of rotatable bonds is 6. The highest BCUT2D eigenvalue weighted by Crippen LogP contribution is 2.16. The van der Waals surface area contributed by atoms with E-state index < -0.39 is 0 Å². The SMILES string of the molecule is COc1ccc(CC(CN)CN2CCCCC2)cc1. The van der Waals surface area contributed by atoms with E-state index in [1.54, 1.807) is 7.11 Å². The molecule has 3 nitrogen and oxygen atoms in total. The van der Waals surface area contributed by atoms with Crippen LogP contribution in [0.25, 0.3) is 0 Å². The van der Waals surface area contributed by atoms with Crippen molar-refractivity contribution in [3.63, 3.8) is 0 Å². The molecule has 19 heavy (non-hydrogen) atoms. The van der Waals surface area contributed by atoms with Gasteiger partial charge < -0.3 is 15.4 Å². The fourth-order valence-electron chi connectivity index (χ4n) is 2.82. The molecule has 1 unspecified atom stereocenters. The first-order chi connectivity index (χ1) is 9.31. The van der Waals surface area contributed by atoms with Gasteiger partial charge in [0.05, 0.1) is 7.11 Å². The first kappa shape index (κ1) is 14.4. The maximum Gasteiger partial charge on any atom is 0.118 e. The molecule has 0 spiro atoms. The van der Waals surface area contributed by atoms with E-state index in [4.69, 9.17) is 10.5 Å². The Bertz CT molecular complexity index is 358. The molecule has 1 saturated heterocycles. The normalized spacial score (nSPS) is 18.2. The molecule has 1 fully saturated rings. The van der Waals surface area contributed by atoms with Gasteiger partial charge in [-0.15, -0.1) is 0 Å². The van der Waals surface area contributed by atoms with Crippen LogP contribution < -0.4 is 10.5 Å². The number of piperidine rings is 1. The molecule has 1 aliphatic heterocycles. The molecule has 1 aromatic carbocycles. The Morgan fingerprint density at radius 2 is 1.84 bits per heavy atom. The average molecular weight is 262 g/mol. The van der Waals surface area contributed by atoms with Crippen molar-refractivity contribution in [3.8, 4) is 5.75 Å². The van der Waals surface area contributed by atoms with E-state index in [0.29, 0.717) is 5.92 Å². The van der Waals surface area contributed by atoms with E-state index in [-0.39, 0.29) is 0 Å². The first-order valence-electron chi connectivity index (χ1n) is 7.37. The predicted octanol–water partition coefficient (Wildman–Crippen LogP) is 2.30. The topological polar surface area (TPSA) is 38.5 Å². The van der Waals surface area contributed by atoms with Crippen molar-refractivity contribution >= 4 is 0 Å². The lowest BCUT2D eigenvalue weighted by Crippen LogP contribution is -2.37. The van der Waals surface area contributed by atoms with Gasteiger partial charge in [0.25, 0.3) is 0 Å². The molecule has 3 heteroatoms. The molecule has 2 rings (SSSR count). The third-order valence-electron chi connectivity index (χ3n) is 3.98. The summed E-state index contributed by atoms with van der Waals surface area (Å²) in [4.78, 5) is 2.57. The van der Waals surface area contributed by atoms with Crippen molar-refractivity contribution in [2.24, 2.45) is 11.7 Å². The Morgan fingerprint density at radius 1 is 1.16 bits per heavy atom. The maximum absolute atomic E-state index is 5.94. The number of methoxy groups -OCH3 is 1. The van der Waals surface area contributed by atoms with Crippen LogP contribution in [0.15, 0.2) is 24.3 Å². The summed E-state index contributed by atoms with van der Waals surface area (Å²) in [6, 6.07) is 8.36. The molecule has 1 aromatic rings. The summed E-state index contributed by atoms with van der Waals surface area (Å²) >= 11 is 0. The molecule has 0 bridgehead atoms. The molecular formula is C16H26N2O. The van der Waals surface area contributed by atoms with Gasteiger partial charge in [0.1, 0.15) is 5.75 Å². The zero-order chi connectivity index (χ0) is 13.5. The van der Waals surface area contributed by atoms with E-state index in [1.165, 1.54) is 37.9 Å². The van der Waals surface area contributed by atoms with Gasteiger partial charge in [-0.2, -0.15) is 0 Å². The van der Waals surface area contributed by atoms with Gasteiger partial charge in [0.15, 0.2) is 0 Å². The fraction of sp³-hybridized carbons (Fsp3) is 0.625. The van der Waals surface area contributed by atoms with E-state index in [2.05, 4.69) is 17.0 Å². The smallest absolute Gasteiger partial charge is 0.118 e. The minimum atomic E-state index is 0.562. The van der Waals surface area contributed by atoms with Crippen LogP contribution in [0.3, 0.4) is 0 Å². The molecule has 106 valence electrons. The molecule has 0 amide bonds. The van der Waals surface area contributed by atoms with Crippen LogP contribution >= 0.6 is 0 Å². The summed E-state index contributed by atoms with van der Waals surface area (Å²) < 4.78 is 5.19. The Balaban J connectivity index is 1.86. The van der Waals surface area contributed by atoms with E-state index >= 15 is 0 Å². The van der Waals surface area contributed by atoms with Crippen LogP contribution in [0.1, 0.15) is 24.8 Å². The summed E-state index contributed by atoms with van der Waals surface area (Å²) in [5.41, 5.74) is 7.30. The second-order valence-corrected chi connectivity index (χ2v) is 5.52. The highest BCUT2D eigenvalue weighted by Gasteiger charge is 2.15. The second kappa shape index (κ2) is 7.51. The van der Waals surface area contributed by atoms with Gasteiger partial charge in [-0.3, -0.25) is 0 Å². The molecule has 1 aliphatic rings. The lowest BCUT2D eigenvalue weighted by molar-refractivity contribution is 0.196. The predicted molar refractivity (Wildman–Crippen MR) is 79.5 cm³/mol. The number of hydrogen-bond acceptors (Lipinski definition) is 3. The van der Waals surface area contributed by atoms with Gasteiger partial charge in [-0.25, -0.2) is 0 Å². The molecular weight excluding hydrogens is 236 g/mol. The summed E-state index contributed by atoms with van der Waals surface area (Å²) in [6.45, 7) is 4.41. The van der Waals surface area contributed by atoms with Crippen molar-refractivity contribution in [2.45, 2.75) is 25.7 Å². The third kappa shape index (κ3) is 4.51. The van der Waals surface area contributed by atoms with Crippen molar-refractivity contribution in [1.82, 2.24) is 4.90 Å². The molecule has 1 atom stereocenters. The Kier molecular flexibility index (Phi) is 5.67. The first-order valence-corrected chi connectivity index (χ1v) is 7.37. The van der Waals surface area contributed by atoms with Gasteiger partial charge in [0, 0.05) is 6.54 Å². The van der Waals surface area contributed by atoms with Gasteiger partial charge in [-0.1, -0.05) is 18.6 Å². The second-order valence-electron chi connectivity index (χ2n) is 5.52. The van der Waals surface area contributed by atoms with Crippen molar-refractivity contribution in [2.75, 3.05) is 33.3 Å². The number of hydrogen-bond donors (Lipinski definition) is 1. The van der Waals surface area contributed by atoms with Gasteiger partial charge in [-0.05, 0) is 62.5 Å². The van der Waals surface area contributed by atoms with Crippen molar-refractivity contribution in [3.05, 3.63) is 29.8 Å². The van der Waals surface area contributed by atoms with Crippen LogP contribution in [0.5, 0.6) is 5.75 Å². The Morgan fingerprint density at radius 3 is 2.42 bits per heavy atom. The van der Waals surface area contributed by atoms with Crippen LogP contribution in [0.2, 0.25) is 0 Å². The third-order valence-corrected chi connectivity index (χ3v) is 3.98. The molecule has 2 N–H and O–H groups in total. The number of benzene rings is 1. The van der Waals surface area contributed by atoms with E-state index in [1.807, 2.05) is 12.1 Å². The lowest BCUT2D eigenvalue weighted by Gasteiger charge is -2.30. The highest BCUT2D eigenvalue weighted by molar-refractivity contribution is 5.27. The van der Waals surface area contributed by atoms with Crippen LogP contribution in [-0.4, -0.2) is 38.2 Å². The van der Waals surface area contributed by atoms with Crippen LogP contribution in [0, 0.1) is 5.92 Å². The number of nitrogens with zero attached hydrogens (tertiary/aromatic N) is 1. The highest BCUT2D eigenvalue weighted by atomic mass is 16.5. The Labute approximate surface area is 116 Å². The quantitative estimate of drug-likeness (QED) is 0.855. The monoisotopic (exact) mass is 262 g/mol. The zero-order valence-corrected chi connectivity index (χ0v) is 12.0. The summed E-state index contributed by atoms with van der Waals surface area (Å²) in [6.07, 6.45) is 5.15. The van der Waals surface area contributed by atoms with Crippen molar-refractivity contribution in [1.29, 1.82) is 0 Å². The molecule has 1 heterocycles. The van der Waals surface area contributed by atoms with E-state index in [9.17, 15) is 0 Å². The number of likely N-dealkylation sites (tertiary alicyclic amines) is 1. The summed E-state index contributed by atoms with van der Waals surface area (Å²) in [7, 11) is 1.70. The van der Waals surface area contributed by atoms with E-state index in [0.717, 1.165) is 25.3 Å². The largest absolute Gasteiger partial charge is 0.497 e. The van der Waals surface area contributed by atoms with Gasteiger partial charge in [0.2, 0.25) is 0 Å². The Hall–Kier alpha value is -1.06. The van der Waals surface area contributed by atoms with Gasteiger partial charge >= 0.3 is 0 Å². The number of nitrogens with two attached hydrogens (primary N) is 1. The van der Waals surface area contributed by atoms with Crippen LogP contribution in [-0.2, 0) is 6.42 Å². The van der Waals surface area contributed by atoms with Crippen molar-refractivity contribution < 1.29 is 4.74 Å². The minimum absolute atomic E-state index is 0.562. The fourth-order valence-corrected chi connectivity index (χ4v) is 2.82. The molecule has 0 radical (unpaired) electrons. The molecule has 0 aliphatic carbocycles. The number of ether oxygens (including phenoxy) is 1. The maximum atomic E-state index is 5.94. The lowest BCUT2D eigenvalue weighted by atomic mass is 9.97. The van der Waals surface area contributed by atoms with Crippen LogP contribution in [0.4, 0.5) is 0 Å². The summed E-state index contributed by atoms with van der Waals surface area (Å²) in [5.74, 6) is 1.48. The summed E-state index contributed by atoms with van der Waals surface area (Å²) in [5, 5.41) is 0. The molecule has 0 aromatic heterocycles. The minimum Gasteiger partial charge on any atom is -0.497 e. The standard InChI is InChI=1S/C16H26N2O/c1-19-16-7-5-14(6-8-16)11-15(12-17)13-18-9-3-2-4-10-18/h5-8,15H,2-4,9-13,17H2,1H3. The average Bonchev–Trinajstić information content (AvgIpc) is 2.48. The zero-order valence-electron chi connectivity index (χ0n) is 12.0. The molecule has 0 saturated carbocycles.